The zero-order valence-corrected chi connectivity index (χ0v) is 12.1. The van der Waals surface area contributed by atoms with Gasteiger partial charge in [0.25, 0.3) is 0 Å². The van der Waals surface area contributed by atoms with Crippen LogP contribution in [0.5, 0.6) is 0 Å². The van der Waals surface area contributed by atoms with Crippen LogP contribution >= 0.6 is 0 Å². The highest BCUT2D eigenvalue weighted by atomic mass is 15.1. The van der Waals surface area contributed by atoms with Crippen LogP contribution in [-0.4, -0.2) is 9.55 Å². The number of anilines is 1. The van der Waals surface area contributed by atoms with E-state index in [2.05, 4.69) is 53.7 Å². The first-order valence-electron chi connectivity index (χ1n) is 6.87. The minimum Gasteiger partial charge on any atom is -0.399 e. The highest BCUT2D eigenvalue weighted by Crippen LogP contribution is 2.27. The fraction of sp³-hybridized carbons (Fsp3) is 0.235. The smallest absolute Gasteiger partial charge is 0.107 e. The topological polar surface area (TPSA) is 43.8 Å². The third-order valence-electron chi connectivity index (χ3n) is 3.84. The molecule has 0 amide bonds. The predicted molar refractivity (Wildman–Crippen MR) is 83.9 cm³/mol. The van der Waals surface area contributed by atoms with Gasteiger partial charge in [0.05, 0.1) is 17.1 Å². The molecule has 0 fully saturated rings. The Morgan fingerprint density at radius 3 is 2.45 bits per heavy atom. The van der Waals surface area contributed by atoms with Gasteiger partial charge in [0, 0.05) is 5.69 Å². The Kier molecular flexibility index (Phi) is 2.97. The number of aryl methyl sites for hydroxylation is 2. The fourth-order valence-electron chi connectivity index (χ4n) is 2.72. The SMILES string of the molecule is Cc1ccc(C(C)n2c(C)nc3cc(N)ccc32)cc1. The number of nitrogens with zero attached hydrogens (tertiary/aromatic N) is 2. The number of benzene rings is 2. The lowest BCUT2D eigenvalue weighted by Gasteiger charge is -2.17. The minimum atomic E-state index is 0.254. The second-order valence-corrected chi connectivity index (χ2v) is 5.36. The van der Waals surface area contributed by atoms with Crippen LogP contribution < -0.4 is 5.73 Å². The van der Waals surface area contributed by atoms with Crippen molar-refractivity contribution >= 4 is 16.7 Å². The summed E-state index contributed by atoms with van der Waals surface area (Å²) in [5.41, 5.74) is 11.2. The second-order valence-electron chi connectivity index (χ2n) is 5.36. The van der Waals surface area contributed by atoms with Gasteiger partial charge in [0.15, 0.2) is 0 Å². The van der Waals surface area contributed by atoms with Gasteiger partial charge >= 0.3 is 0 Å². The number of hydrogen-bond acceptors (Lipinski definition) is 2. The molecule has 0 radical (unpaired) electrons. The number of nitrogens with two attached hydrogens (primary N) is 1. The lowest BCUT2D eigenvalue weighted by atomic mass is 10.1. The molecule has 0 saturated heterocycles. The minimum absolute atomic E-state index is 0.254. The van der Waals surface area contributed by atoms with Crippen molar-refractivity contribution in [2.45, 2.75) is 26.8 Å². The van der Waals surface area contributed by atoms with Crippen LogP contribution in [0.4, 0.5) is 5.69 Å². The summed E-state index contributed by atoms with van der Waals surface area (Å²) in [6.45, 7) is 6.35. The van der Waals surface area contributed by atoms with Crippen LogP contribution in [-0.2, 0) is 0 Å². The molecule has 3 heteroatoms. The standard InChI is InChI=1S/C17H19N3/c1-11-4-6-14(7-5-11)12(2)20-13(3)19-16-10-15(18)8-9-17(16)20/h4-10,12H,18H2,1-3H3. The quantitative estimate of drug-likeness (QED) is 0.715. The van der Waals surface area contributed by atoms with E-state index < -0.39 is 0 Å². The summed E-state index contributed by atoms with van der Waals surface area (Å²) in [7, 11) is 0. The number of aromatic nitrogens is 2. The van der Waals surface area contributed by atoms with Gasteiger partial charge in [-0.15, -0.1) is 0 Å². The van der Waals surface area contributed by atoms with Crippen molar-refractivity contribution in [1.29, 1.82) is 0 Å². The van der Waals surface area contributed by atoms with E-state index >= 15 is 0 Å². The predicted octanol–water partition coefficient (Wildman–Crippen LogP) is 3.84. The summed E-state index contributed by atoms with van der Waals surface area (Å²) >= 11 is 0. The molecule has 1 unspecified atom stereocenters. The first-order chi connectivity index (χ1) is 9.56. The van der Waals surface area contributed by atoms with Crippen molar-refractivity contribution in [3.8, 4) is 0 Å². The van der Waals surface area contributed by atoms with E-state index in [4.69, 9.17) is 5.73 Å². The van der Waals surface area contributed by atoms with Crippen molar-refractivity contribution in [1.82, 2.24) is 9.55 Å². The molecule has 0 aliphatic carbocycles. The Balaban J connectivity index is 2.13. The molecule has 102 valence electrons. The van der Waals surface area contributed by atoms with E-state index in [1.54, 1.807) is 0 Å². The van der Waals surface area contributed by atoms with Crippen molar-refractivity contribution in [3.63, 3.8) is 0 Å². The molecule has 1 atom stereocenters. The van der Waals surface area contributed by atoms with Gasteiger partial charge in [-0.05, 0) is 44.5 Å². The van der Waals surface area contributed by atoms with Crippen LogP contribution in [0, 0.1) is 13.8 Å². The normalized spacial score (nSPS) is 12.8. The number of rotatable bonds is 2. The van der Waals surface area contributed by atoms with Gasteiger partial charge in [0.1, 0.15) is 5.82 Å². The van der Waals surface area contributed by atoms with Crippen molar-refractivity contribution in [2.75, 3.05) is 5.73 Å². The molecule has 0 saturated carbocycles. The lowest BCUT2D eigenvalue weighted by molar-refractivity contribution is 0.637. The van der Waals surface area contributed by atoms with Crippen molar-refractivity contribution in [3.05, 3.63) is 59.4 Å². The molecule has 1 aromatic heterocycles. The molecule has 3 aromatic rings. The zero-order valence-electron chi connectivity index (χ0n) is 12.1. The van der Waals surface area contributed by atoms with Crippen molar-refractivity contribution < 1.29 is 0 Å². The number of fused-ring (bicyclic) bond motifs is 1. The Morgan fingerprint density at radius 1 is 1.05 bits per heavy atom. The Bertz CT molecular complexity index is 754. The Hall–Kier alpha value is -2.29. The molecule has 2 aromatic carbocycles. The van der Waals surface area contributed by atoms with Gasteiger partial charge < -0.3 is 10.3 Å². The molecule has 3 nitrogen and oxygen atoms in total. The monoisotopic (exact) mass is 265 g/mol. The zero-order chi connectivity index (χ0) is 14.3. The van der Waals surface area contributed by atoms with Gasteiger partial charge in [0.2, 0.25) is 0 Å². The molecule has 20 heavy (non-hydrogen) atoms. The van der Waals surface area contributed by atoms with Crippen LogP contribution in [0.15, 0.2) is 42.5 Å². The van der Waals surface area contributed by atoms with Crippen LogP contribution in [0.1, 0.15) is 29.9 Å². The molecule has 0 bridgehead atoms. The van der Waals surface area contributed by atoms with Gasteiger partial charge in [-0.1, -0.05) is 29.8 Å². The summed E-state index contributed by atoms with van der Waals surface area (Å²) in [6, 6.07) is 14.8. The van der Waals surface area contributed by atoms with Gasteiger partial charge in [-0.25, -0.2) is 4.98 Å². The van der Waals surface area contributed by atoms with Gasteiger partial charge in [-0.3, -0.25) is 0 Å². The van der Waals surface area contributed by atoms with Crippen LogP contribution in [0.25, 0.3) is 11.0 Å². The van der Waals surface area contributed by atoms with Crippen LogP contribution in [0.3, 0.4) is 0 Å². The summed E-state index contributed by atoms with van der Waals surface area (Å²) in [5.74, 6) is 1.01. The van der Waals surface area contributed by atoms with E-state index in [9.17, 15) is 0 Å². The molecular weight excluding hydrogens is 246 g/mol. The van der Waals surface area contributed by atoms with E-state index in [0.29, 0.717) is 0 Å². The maximum atomic E-state index is 5.84. The first kappa shape index (κ1) is 12.7. The maximum absolute atomic E-state index is 5.84. The highest BCUT2D eigenvalue weighted by molar-refractivity contribution is 5.80. The summed E-state index contributed by atoms with van der Waals surface area (Å²) in [6.07, 6.45) is 0. The van der Waals surface area contributed by atoms with Crippen LogP contribution in [0.2, 0.25) is 0 Å². The lowest BCUT2D eigenvalue weighted by Crippen LogP contribution is -2.08. The summed E-state index contributed by atoms with van der Waals surface area (Å²) < 4.78 is 2.26. The second kappa shape index (κ2) is 4.67. The largest absolute Gasteiger partial charge is 0.399 e. The Morgan fingerprint density at radius 2 is 1.75 bits per heavy atom. The summed E-state index contributed by atoms with van der Waals surface area (Å²) in [4.78, 5) is 4.62. The first-order valence-corrected chi connectivity index (χ1v) is 6.87. The number of nitrogen functional groups attached to an aromatic ring is 1. The van der Waals surface area contributed by atoms with Gasteiger partial charge in [-0.2, -0.15) is 0 Å². The third-order valence-corrected chi connectivity index (χ3v) is 3.84. The molecule has 1 heterocycles. The summed E-state index contributed by atoms with van der Waals surface area (Å²) in [5, 5.41) is 0. The molecule has 0 aliphatic heterocycles. The highest BCUT2D eigenvalue weighted by Gasteiger charge is 2.14. The average molecular weight is 265 g/mol. The van der Waals surface area contributed by atoms with E-state index in [1.807, 2.05) is 19.1 Å². The average Bonchev–Trinajstić information content (AvgIpc) is 2.73. The molecule has 2 N–H and O–H groups in total. The van der Waals surface area contributed by atoms with E-state index in [-0.39, 0.29) is 6.04 Å². The molecule has 0 aliphatic rings. The van der Waals surface area contributed by atoms with E-state index in [1.165, 1.54) is 11.1 Å². The third kappa shape index (κ3) is 2.05. The number of imidazole rings is 1. The molecular formula is C17H19N3. The molecule has 3 rings (SSSR count). The maximum Gasteiger partial charge on any atom is 0.107 e. The molecule has 0 spiro atoms. The fourth-order valence-corrected chi connectivity index (χ4v) is 2.72. The Labute approximate surface area is 119 Å². The van der Waals surface area contributed by atoms with E-state index in [0.717, 1.165) is 22.5 Å². The van der Waals surface area contributed by atoms with Crippen molar-refractivity contribution in [2.24, 2.45) is 0 Å². The number of hydrogen-bond donors (Lipinski definition) is 1.